The van der Waals surface area contributed by atoms with Crippen LogP contribution in [-0.2, 0) is 11.3 Å². The summed E-state index contributed by atoms with van der Waals surface area (Å²) in [6, 6.07) is 3.31. The summed E-state index contributed by atoms with van der Waals surface area (Å²) < 4.78 is 0.729. The van der Waals surface area contributed by atoms with Crippen molar-refractivity contribution in [1.82, 2.24) is 15.5 Å². The molecule has 0 saturated carbocycles. The fraction of sp³-hybridized carbons (Fsp3) is 0.500. The van der Waals surface area contributed by atoms with Crippen molar-refractivity contribution in [2.24, 2.45) is 0 Å². The third kappa shape index (κ3) is 6.56. The van der Waals surface area contributed by atoms with Gasteiger partial charge in [-0.2, -0.15) is 0 Å². The number of carbonyl (C=O) groups excluding carboxylic acids is 2. The molecule has 0 bridgehead atoms. The minimum atomic E-state index is -0.445. The molecule has 19 heavy (non-hydrogen) atoms. The molecular weight excluding hydrogens is 286 g/mol. The number of urea groups is 1. The van der Waals surface area contributed by atoms with Crippen LogP contribution in [0.1, 0.15) is 18.2 Å². The molecule has 0 spiro atoms. The van der Waals surface area contributed by atoms with E-state index in [4.69, 9.17) is 11.6 Å². The quantitative estimate of drug-likeness (QED) is 0.846. The summed E-state index contributed by atoms with van der Waals surface area (Å²) in [6.07, 6.45) is 0.834. The van der Waals surface area contributed by atoms with Crippen LogP contribution in [0.4, 0.5) is 4.79 Å². The molecule has 0 radical (unpaired) electrons. The standard InChI is InChI=1S/C12H18ClN3O2S/c1-3-6-14-12(18)15-11(17)8-16(2)7-9-4-5-10(13)19-9/h4-5H,3,6-8H2,1-2H3,(H2,14,15,17,18). The van der Waals surface area contributed by atoms with Gasteiger partial charge in [0.15, 0.2) is 0 Å². The second kappa shape index (κ2) is 8.14. The van der Waals surface area contributed by atoms with E-state index >= 15 is 0 Å². The maximum Gasteiger partial charge on any atom is 0.321 e. The molecular formula is C12H18ClN3O2S. The molecule has 106 valence electrons. The lowest BCUT2D eigenvalue weighted by molar-refractivity contribution is -0.120. The molecule has 0 unspecified atom stereocenters. The average Bonchev–Trinajstić information content (AvgIpc) is 2.71. The largest absolute Gasteiger partial charge is 0.338 e. The van der Waals surface area contributed by atoms with Crippen LogP contribution < -0.4 is 10.6 Å². The zero-order valence-electron chi connectivity index (χ0n) is 11.0. The fourth-order valence-corrected chi connectivity index (χ4v) is 2.62. The van der Waals surface area contributed by atoms with Crippen molar-refractivity contribution in [2.45, 2.75) is 19.9 Å². The van der Waals surface area contributed by atoms with E-state index in [9.17, 15) is 9.59 Å². The number of hydrogen-bond donors (Lipinski definition) is 2. The zero-order valence-corrected chi connectivity index (χ0v) is 12.6. The van der Waals surface area contributed by atoms with E-state index in [-0.39, 0.29) is 12.5 Å². The maximum absolute atomic E-state index is 11.6. The Morgan fingerprint density at radius 1 is 1.42 bits per heavy atom. The lowest BCUT2D eigenvalue weighted by atomic mass is 10.4. The number of nitrogens with zero attached hydrogens (tertiary/aromatic N) is 1. The second-order valence-electron chi connectivity index (χ2n) is 4.18. The van der Waals surface area contributed by atoms with Gasteiger partial charge in [0.2, 0.25) is 5.91 Å². The fourth-order valence-electron chi connectivity index (χ4n) is 1.45. The van der Waals surface area contributed by atoms with Crippen LogP contribution in [0.3, 0.4) is 0 Å². The predicted molar refractivity (Wildman–Crippen MR) is 77.5 cm³/mol. The first-order valence-electron chi connectivity index (χ1n) is 6.01. The molecule has 1 aromatic rings. The SMILES string of the molecule is CCCNC(=O)NC(=O)CN(C)Cc1ccc(Cl)s1. The minimum Gasteiger partial charge on any atom is -0.338 e. The highest BCUT2D eigenvalue weighted by Gasteiger charge is 2.11. The molecule has 1 rings (SSSR count). The van der Waals surface area contributed by atoms with E-state index in [1.54, 1.807) is 0 Å². The number of imide groups is 1. The van der Waals surface area contributed by atoms with Crippen LogP contribution in [0.5, 0.6) is 0 Å². The summed E-state index contributed by atoms with van der Waals surface area (Å²) in [4.78, 5) is 25.8. The number of likely N-dealkylation sites (N-methyl/N-ethyl adjacent to an activating group) is 1. The molecule has 1 aromatic heterocycles. The maximum atomic E-state index is 11.6. The van der Waals surface area contributed by atoms with Gasteiger partial charge in [0.05, 0.1) is 10.9 Å². The Balaban J connectivity index is 2.29. The normalized spacial score (nSPS) is 10.5. The molecule has 0 aromatic carbocycles. The Labute approximate surface area is 121 Å². The van der Waals surface area contributed by atoms with Crippen molar-refractivity contribution in [3.8, 4) is 0 Å². The van der Waals surface area contributed by atoms with Crippen LogP contribution >= 0.6 is 22.9 Å². The smallest absolute Gasteiger partial charge is 0.321 e. The molecule has 0 aliphatic heterocycles. The van der Waals surface area contributed by atoms with Gasteiger partial charge in [-0.15, -0.1) is 11.3 Å². The van der Waals surface area contributed by atoms with Gasteiger partial charge in [-0.1, -0.05) is 18.5 Å². The molecule has 0 aliphatic rings. The Hall–Kier alpha value is -1.11. The molecule has 1 heterocycles. The van der Waals surface area contributed by atoms with Crippen molar-refractivity contribution in [2.75, 3.05) is 20.1 Å². The number of rotatable bonds is 6. The third-order valence-electron chi connectivity index (χ3n) is 2.26. The van der Waals surface area contributed by atoms with Gasteiger partial charge in [-0.05, 0) is 25.6 Å². The lowest BCUT2D eigenvalue weighted by Crippen LogP contribution is -2.43. The molecule has 3 amide bonds. The number of carbonyl (C=O) groups is 2. The number of amides is 3. The van der Waals surface area contributed by atoms with E-state index in [2.05, 4.69) is 10.6 Å². The van der Waals surface area contributed by atoms with Crippen LogP contribution in [0, 0.1) is 0 Å². The van der Waals surface area contributed by atoms with Crippen molar-refractivity contribution < 1.29 is 9.59 Å². The van der Waals surface area contributed by atoms with Crippen LogP contribution in [0.2, 0.25) is 4.34 Å². The highest BCUT2D eigenvalue weighted by Crippen LogP contribution is 2.22. The van der Waals surface area contributed by atoms with E-state index in [0.717, 1.165) is 15.6 Å². The summed E-state index contributed by atoms with van der Waals surface area (Å²) in [6.45, 7) is 3.29. The lowest BCUT2D eigenvalue weighted by Gasteiger charge is -2.14. The summed E-state index contributed by atoms with van der Waals surface area (Å²) >= 11 is 7.32. The summed E-state index contributed by atoms with van der Waals surface area (Å²) in [7, 11) is 1.82. The van der Waals surface area contributed by atoms with Crippen molar-refractivity contribution in [3.63, 3.8) is 0 Å². The predicted octanol–water partition coefficient (Wildman–Crippen LogP) is 2.07. The van der Waals surface area contributed by atoms with Crippen LogP contribution in [0.25, 0.3) is 0 Å². The van der Waals surface area contributed by atoms with Gasteiger partial charge in [-0.25, -0.2) is 4.79 Å². The average molecular weight is 304 g/mol. The molecule has 5 nitrogen and oxygen atoms in total. The Morgan fingerprint density at radius 3 is 2.74 bits per heavy atom. The Bertz CT molecular complexity index is 436. The highest BCUT2D eigenvalue weighted by atomic mass is 35.5. The summed E-state index contributed by atoms with van der Waals surface area (Å²) in [5, 5.41) is 4.87. The van der Waals surface area contributed by atoms with Gasteiger partial charge in [0.1, 0.15) is 0 Å². The summed E-state index contributed by atoms with van der Waals surface area (Å²) in [5.74, 6) is -0.321. The third-order valence-corrected chi connectivity index (χ3v) is 3.47. The minimum absolute atomic E-state index is 0.162. The van der Waals surface area contributed by atoms with E-state index in [1.807, 2.05) is 31.0 Å². The summed E-state index contributed by atoms with van der Waals surface area (Å²) in [5.41, 5.74) is 0. The molecule has 0 saturated heterocycles. The van der Waals surface area contributed by atoms with E-state index < -0.39 is 6.03 Å². The van der Waals surface area contributed by atoms with Crippen molar-refractivity contribution >= 4 is 34.9 Å². The Kier molecular flexibility index (Phi) is 6.83. The molecule has 2 N–H and O–H groups in total. The molecule has 0 fully saturated rings. The molecule has 7 heteroatoms. The number of nitrogens with one attached hydrogen (secondary N) is 2. The first kappa shape index (κ1) is 15.9. The first-order valence-corrected chi connectivity index (χ1v) is 7.21. The monoisotopic (exact) mass is 303 g/mol. The zero-order chi connectivity index (χ0) is 14.3. The first-order chi connectivity index (χ1) is 9.01. The Morgan fingerprint density at radius 2 is 2.16 bits per heavy atom. The van der Waals surface area contributed by atoms with Crippen LogP contribution in [0.15, 0.2) is 12.1 Å². The number of thiophene rings is 1. The van der Waals surface area contributed by atoms with Gasteiger partial charge in [0, 0.05) is 18.0 Å². The van der Waals surface area contributed by atoms with Crippen molar-refractivity contribution in [3.05, 3.63) is 21.3 Å². The second-order valence-corrected chi connectivity index (χ2v) is 5.98. The van der Waals surface area contributed by atoms with Gasteiger partial charge in [0.25, 0.3) is 0 Å². The molecule has 0 aliphatic carbocycles. The highest BCUT2D eigenvalue weighted by molar-refractivity contribution is 7.16. The topological polar surface area (TPSA) is 61.4 Å². The van der Waals surface area contributed by atoms with Gasteiger partial charge in [-0.3, -0.25) is 15.0 Å². The number of halogens is 1. The molecule has 0 atom stereocenters. The van der Waals surface area contributed by atoms with Gasteiger partial charge < -0.3 is 5.32 Å². The van der Waals surface area contributed by atoms with Crippen molar-refractivity contribution in [1.29, 1.82) is 0 Å². The van der Waals surface area contributed by atoms with Gasteiger partial charge >= 0.3 is 6.03 Å². The van der Waals surface area contributed by atoms with E-state index in [1.165, 1.54) is 11.3 Å². The number of hydrogen-bond acceptors (Lipinski definition) is 4. The van der Waals surface area contributed by atoms with Crippen LogP contribution in [-0.4, -0.2) is 37.0 Å². The van der Waals surface area contributed by atoms with E-state index in [0.29, 0.717) is 13.1 Å².